The number of hydrogen-bond acceptors (Lipinski definition) is 4. The van der Waals surface area contributed by atoms with E-state index in [0.29, 0.717) is 25.1 Å². The fourth-order valence-corrected chi connectivity index (χ4v) is 3.10. The number of benzene rings is 1. The first kappa shape index (κ1) is 17.8. The summed E-state index contributed by atoms with van der Waals surface area (Å²) in [5.74, 6) is -2.65. The minimum Gasteiger partial charge on any atom is -0.350 e. The number of carbonyl (C=O) groups excluding carboxylic acids is 1. The van der Waals surface area contributed by atoms with Crippen LogP contribution in [0.15, 0.2) is 18.2 Å². The second-order valence-corrected chi connectivity index (χ2v) is 8.23. The van der Waals surface area contributed by atoms with E-state index in [2.05, 4.69) is 10.6 Å². The van der Waals surface area contributed by atoms with Crippen LogP contribution in [-0.2, 0) is 14.6 Å². The summed E-state index contributed by atoms with van der Waals surface area (Å²) in [6.07, 6.45) is 1.63. The van der Waals surface area contributed by atoms with Gasteiger partial charge in [-0.3, -0.25) is 4.79 Å². The lowest BCUT2D eigenvalue weighted by atomic mass is 9.86. The van der Waals surface area contributed by atoms with Crippen LogP contribution < -0.4 is 10.6 Å². The van der Waals surface area contributed by atoms with Crippen LogP contribution in [0.2, 0.25) is 0 Å². The maximum absolute atomic E-state index is 13.5. The SMILES string of the molecule is CC(C(=O)NC1CNCCC1c1ccc(F)c(F)c1)S(C)(=O)=O. The molecule has 23 heavy (non-hydrogen) atoms. The van der Waals surface area contributed by atoms with Gasteiger partial charge in [-0.2, -0.15) is 0 Å². The van der Waals surface area contributed by atoms with E-state index >= 15 is 0 Å². The summed E-state index contributed by atoms with van der Waals surface area (Å²) in [6, 6.07) is 3.30. The third-order valence-corrected chi connectivity index (χ3v) is 5.69. The van der Waals surface area contributed by atoms with E-state index in [4.69, 9.17) is 0 Å². The van der Waals surface area contributed by atoms with Crippen molar-refractivity contribution < 1.29 is 22.0 Å². The van der Waals surface area contributed by atoms with Gasteiger partial charge in [-0.15, -0.1) is 0 Å². The molecule has 1 aromatic rings. The van der Waals surface area contributed by atoms with Crippen LogP contribution in [0.1, 0.15) is 24.8 Å². The van der Waals surface area contributed by atoms with Gasteiger partial charge >= 0.3 is 0 Å². The number of rotatable bonds is 4. The third kappa shape index (κ3) is 4.26. The number of hydrogen-bond donors (Lipinski definition) is 2. The average Bonchev–Trinajstić information content (AvgIpc) is 2.49. The molecule has 0 saturated carbocycles. The van der Waals surface area contributed by atoms with Gasteiger partial charge in [0.05, 0.1) is 0 Å². The molecule has 0 bridgehead atoms. The van der Waals surface area contributed by atoms with Crippen molar-refractivity contribution in [2.24, 2.45) is 0 Å². The number of amides is 1. The Morgan fingerprint density at radius 1 is 1.35 bits per heavy atom. The lowest BCUT2D eigenvalue weighted by Gasteiger charge is -2.33. The zero-order chi connectivity index (χ0) is 17.2. The average molecular weight is 346 g/mol. The van der Waals surface area contributed by atoms with Crippen molar-refractivity contribution in [3.8, 4) is 0 Å². The quantitative estimate of drug-likeness (QED) is 0.852. The minimum atomic E-state index is -3.49. The van der Waals surface area contributed by atoms with Gasteiger partial charge < -0.3 is 10.6 Å². The Morgan fingerprint density at radius 3 is 2.65 bits per heavy atom. The number of carbonyl (C=O) groups is 1. The van der Waals surface area contributed by atoms with Crippen molar-refractivity contribution in [2.45, 2.75) is 30.6 Å². The van der Waals surface area contributed by atoms with E-state index in [9.17, 15) is 22.0 Å². The molecule has 0 aliphatic carbocycles. The summed E-state index contributed by atoms with van der Waals surface area (Å²) in [5.41, 5.74) is 0.586. The predicted octanol–water partition coefficient (Wildman–Crippen LogP) is 0.960. The molecule has 1 fully saturated rings. The zero-order valence-electron chi connectivity index (χ0n) is 13.0. The van der Waals surface area contributed by atoms with E-state index in [1.807, 2.05) is 0 Å². The summed E-state index contributed by atoms with van der Waals surface area (Å²) >= 11 is 0. The molecule has 0 spiro atoms. The highest BCUT2D eigenvalue weighted by molar-refractivity contribution is 7.92. The summed E-state index contributed by atoms with van der Waals surface area (Å²) in [6.45, 7) is 2.44. The maximum Gasteiger partial charge on any atom is 0.238 e. The first-order valence-electron chi connectivity index (χ1n) is 7.35. The van der Waals surface area contributed by atoms with Gasteiger partial charge in [0.15, 0.2) is 21.5 Å². The molecule has 1 aromatic carbocycles. The lowest BCUT2D eigenvalue weighted by Crippen LogP contribution is -2.52. The van der Waals surface area contributed by atoms with Crippen LogP contribution in [0.25, 0.3) is 0 Å². The van der Waals surface area contributed by atoms with Crippen molar-refractivity contribution in [3.63, 3.8) is 0 Å². The molecule has 3 atom stereocenters. The van der Waals surface area contributed by atoms with Gasteiger partial charge in [-0.25, -0.2) is 17.2 Å². The number of sulfone groups is 1. The van der Waals surface area contributed by atoms with E-state index in [1.54, 1.807) is 0 Å². The van der Waals surface area contributed by atoms with Gasteiger partial charge in [0.25, 0.3) is 0 Å². The molecule has 128 valence electrons. The third-order valence-electron chi connectivity index (χ3n) is 4.19. The first-order valence-corrected chi connectivity index (χ1v) is 9.30. The predicted molar refractivity (Wildman–Crippen MR) is 82.8 cm³/mol. The molecule has 2 N–H and O–H groups in total. The van der Waals surface area contributed by atoms with Crippen molar-refractivity contribution in [1.29, 1.82) is 0 Å². The van der Waals surface area contributed by atoms with Crippen LogP contribution >= 0.6 is 0 Å². The normalized spacial score (nSPS) is 23.3. The molecule has 3 unspecified atom stereocenters. The van der Waals surface area contributed by atoms with Crippen molar-refractivity contribution in [2.75, 3.05) is 19.3 Å². The Balaban J connectivity index is 2.18. The van der Waals surface area contributed by atoms with E-state index in [0.717, 1.165) is 18.4 Å². The van der Waals surface area contributed by atoms with E-state index in [1.165, 1.54) is 13.0 Å². The fourth-order valence-electron chi connectivity index (χ4n) is 2.65. The number of halogens is 2. The molecule has 8 heteroatoms. The summed E-state index contributed by atoms with van der Waals surface area (Å²) in [4.78, 5) is 12.1. The molecular formula is C15H20F2N2O3S. The molecule has 0 aromatic heterocycles. The smallest absolute Gasteiger partial charge is 0.238 e. The molecule has 0 radical (unpaired) electrons. The molecule has 5 nitrogen and oxygen atoms in total. The summed E-state index contributed by atoms with van der Waals surface area (Å²) in [7, 11) is -3.49. The van der Waals surface area contributed by atoms with Gasteiger partial charge in [-0.1, -0.05) is 6.07 Å². The van der Waals surface area contributed by atoms with Crippen LogP contribution in [0.3, 0.4) is 0 Å². The Hall–Kier alpha value is -1.54. The van der Waals surface area contributed by atoms with Gasteiger partial charge in [-0.05, 0) is 37.6 Å². The van der Waals surface area contributed by atoms with Crippen molar-refractivity contribution >= 4 is 15.7 Å². The molecule has 1 aliphatic heterocycles. The highest BCUT2D eigenvalue weighted by Gasteiger charge is 2.31. The lowest BCUT2D eigenvalue weighted by molar-refractivity contribution is -0.121. The summed E-state index contributed by atoms with van der Waals surface area (Å²) in [5, 5.41) is 4.67. The van der Waals surface area contributed by atoms with Gasteiger partial charge in [0.2, 0.25) is 5.91 Å². The van der Waals surface area contributed by atoms with E-state index in [-0.39, 0.29) is 12.0 Å². The molecule has 1 amide bonds. The van der Waals surface area contributed by atoms with Crippen LogP contribution in [0.5, 0.6) is 0 Å². The van der Waals surface area contributed by atoms with Crippen LogP contribution in [0, 0.1) is 11.6 Å². The minimum absolute atomic E-state index is 0.206. The second kappa shape index (κ2) is 6.92. The molecule has 1 aliphatic rings. The monoisotopic (exact) mass is 346 g/mol. The molecule has 2 rings (SSSR count). The highest BCUT2D eigenvalue weighted by atomic mass is 32.2. The Morgan fingerprint density at radius 2 is 2.04 bits per heavy atom. The Kier molecular flexibility index (Phi) is 5.36. The fraction of sp³-hybridized carbons (Fsp3) is 0.533. The van der Waals surface area contributed by atoms with E-state index < -0.39 is 32.6 Å². The van der Waals surface area contributed by atoms with Crippen LogP contribution in [-0.4, -0.2) is 45.0 Å². The highest BCUT2D eigenvalue weighted by Crippen LogP contribution is 2.27. The first-order chi connectivity index (χ1) is 10.7. The number of nitrogens with one attached hydrogen (secondary N) is 2. The van der Waals surface area contributed by atoms with Gasteiger partial charge in [0.1, 0.15) is 5.25 Å². The summed E-state index contributed by atoms with van der Waals surface area (Å²) < 4.78 is 49.5. The van der Waals surface area contributed by atoms with Crippen molar-refractivity contribution in [1.82, 2.24) is 10.6 Å². The van der Waals surface area contributed by atoms with Gasteiger partial charge in [0, 0.05) is 24.8 Å². The second-order valence-electron chi connectivity index (χ2n) is 5.86. The molecule has 1 saturated heterocycles. The van der Waals surface area contributed by atoms with Crippen molar-refractivity contribution in [3.05, 3.63) is 35.4 Å². The number of piperidine rings is 1. The maximum atomic E-state index is 13.5. The zero-order valence-corrected chi connectivity index (χ0v) is 13.8. The molecular weight excluding hydrogens is 326 g/mol. The Labute approximate surface area is 134 Å². The largest absolute Gasteiger partial charge is 0.350 e. The molecule has 1 heterocycles. The standard InChI is InChI=1S/C15H20F2N2O3S/c1-9(23(2,21)22)15(20)19-14-8-18-6-5-11(14)10-3-4-12(16)13(17)7-10/h3-4,7,9,11,14,18H,5-6,8H2,1-2H3,(H,19,20). The van der Waals surface area contributed by atoms with Crippen LogP contribution in [0.4, 0.5) is 8.78 Å². The Bertz CT molecular complexity index is 694. The topological polar surface area (TPSA) is 75.3 Å².